The Morgan fingerprint density at radius 2 is 1.21 bits per heavy atom. The van der Waals surface area contributed by atoms with Crippen molar-refractivity contribution >= 4 is 11.7 Å². The standard InChI is InChI=1S/C47H36N4O/c1-30-24-26-34(31(2)50-30)35-16-6-7-18-37(35)46(49-29-32-14-4-3-5-15-32)51-45(48)33-25-27-40-38(28-33)36-17-8-9-19-39(36)47(40)41-20-10-12-22-43(41)52-44-23-13-11-21-42(44)47/h3-28H,29H2,1-2H3,(H2,48,49,51). The number of hydrogen-bond acceptors (Lipinski definition) is 3. The average molecular weight is 673 g/mol. The number of aliphatic imine (C=N–C) groups is 2. The number of pyridine rings is 1. The van der Waals surface area contributed by atoms with Crippen molar-refractivity contribution in [1.29, 1.82) is 0 Å². The van der Waals surface area contributed by atoms with Crippen LogP contribution in [-0.4, -0.2) is 16.7 Å². The monoisotopic (exact) mass is 672 g/mol. The molecule has 5 heteroatoms. The van der Waals surface area contributed by atoms with Crippen LogP contribution in [0.2, 0.25) is 0 Å². The Bertz CT molecular complexity index is 2520. The second-order valence-corrected chi connectivity index (χ2v) is 13.4. The number of rotatable bonds is 5. The molecule has 0 unspecified atom stereocenters. The van der Waals surface area contributed by atoms with E-state index >= 15 is 0 Å². The van der Waals surface area contributed by atoms with E-state index in [0.29, 0.717) is 18.2 Å². The van der Waals surface area contributed by atoms with Crippen molar-refractivity contribution in [2.24, 2.45) is 15.7 Å². The molecule has 0 fully saturated rings. The fourth-order valence-corrected chi connectivity index (χ4v) is 8.01. The van der Waals surface area contributed by atoms with E-state index in [0.717, 1.165) is 67.4 Å². The van der Waals surface area contributed by atoms with E-state index < -0.39 is 5.41 Å². The summed E-state index contributed by atoms with van der Waals surface area (Å²) in [4.78, 5) is 15.0. The first-order chi connectivity index (χ1) is 25.5. The maximum Gasteiger partial charge on any atom is 0.157 e. The minimum atomic E-state index is -0.539. The molecule has 1 spiro atoms. The minimum absolute atomic E-state index is 0.398. The molecule has 0 amide bonds. The third kappa shape index (κ3) is 5.04. The molecule has 0 saturated carbocycles. The first-order valence-electron chi connectivity index (χ1n) is 17.6. The molecule has 250 valence electrons. The maximum absolute atomic E-state index is 7.01. The summed E-state index contributed by atoms with van der Waals surface area (Å²) >= 11 is 0. The molecule has 5 nitrogen and oxygen atoms in total. The molecular weight excluding hydrogens is 637 g/mol. The van der Waals surface area contributed by atoms with Gasteiger partial charge in [-0.1, -0.05) is 133 Å². The molecule has 6 aromatic carbocycles. The predicted octanol–water partition coefficient (Wildman–Crippen LogP) is 10.2. The number of aryl methyl sites for hydroxylation is 2. The van der Waals surface area contributed by atoms with Crippen LogP contribution in [0.25, 0.3) is 22.3 Å². The number of hydrogen-bond donors (Lipinski definition) is 1. The first kappa shape index (κ1) is 31.4. The highest BCUT2D eigenvalue weighted by molar-refractivity contribution is 6.14. The molecule has 7 aromatic rings. The summed E-state index contributed by atoms with van der Waals surface area (Å²) in [5.41, 5.74) is 20.3. The van der Waals surface area contributed by atoms with Crippen molar-refractivity contribution in [3.8, 4) is 33.8 Å². The van der Waals surface area contributed by atoms with Crippen molar-refractivity contribution in [3.63, 3.8) is 0 Å². The molecule has 0 atom stereocenters. The molecule has 2 N–H and O–H groups in total. The van der Waals surface area contributed by atoms with Crippen LogP contribution in [0.5, 0.6) is 11.5 Å². The highest BCUT2D eigenvalue weighted by atomic mass is 16.5. The third-order valence-electron chi connectivity index (χ3n) is 10.3. The van der Waals surface area contributed by atoms with Gasteiger partial charge < -0.3 is 10.5 Å². The lowest BCUT2D eigenvalue weighted by Crippen LogP contribution is -2.32. The molecule has 1 aliphatic heterocycles. The fourth-order valence-electron chi connectivity index (χ4n) is 8.01. The SMILES string of the molecule is Cc1ccc(-c2ccccc2C(/N=C(\N)c2ccc3c(c2)-c2ccccc2C32c3ccccc3Oc3ccccc32)=N/Cc2ccccc2)c(C)n1. The van der Waals surface area contributed by atoms with E-state index in [1.165, 1.54) is 16.7 Å². The summed E-state index contributed by atoms with van der Waals surface area (Å²) < 4.78 is 6.50. The number of nitrogens with zero attached hydrogens (tertiary/aromatic N) is 3. The highest BCUT2D eigenvalue weighted by Gasteiger charge is 2.50. The summed E-state index contributed by atoms with van der Waals surface area (Å²) in [6, 6.07) is 54.6. The van der Waals surface area contributed by atoms with E-state index in [9.17, 15) is 0 Å². The van der Waals surface area contributed by atoms with E-state index in [1.807, 2.05) is 62.4 Å². The summed E-state index contributed by atoms with van der Waals surface area (Å²) in [6.45, 7) is 4.52. The van der Waals surface area contributed by atoms with Crippen LogP contribution >= 0.6 is 0 Å². The molecule has 0 bridgehead atoms. The zero-order valence-corrected chi connectivity index (χ0v) is 29.0. The molecule has 9 rings (SSSR count). The number of amidine groups is 2. The Hall–Kier alpha value is -6.59. The van der Waals surface area contributed by atoms with Crippen LogP contribution in [0, 0.1) is 13.8 Å². The quantitative estimate of drug-likeness (QED) is 0.146. The lowest BCUT2D eigenvalue weighted by atomic mass is 9.66. The molecule has 2 aliphatic rings. The molecule has 1 aliphatic carbocycles. The number of para-hydroxylation sites is 2. The van der Waals surface area contributed by atoms with E-state index in [2.05, 4.69) is 109 Å². The van der Waals surface area contributed by atoms with Gasteiger partial charge in [-0.05, 0) is 71.5 Å². The largest absolute Gasteiger partial charge is 0.457 e. The topological polar surface area (TPSA) is 72.9 Å². The second kappa shape index (κ2) is 12.6. The highest BCUT2D eigenvalue weighted by Crippen LogP contribution is 2.61. The van der Waals surface area contributed by atoms with Crippen molar-refractivity contribution in [2.75, 3.05) is 0 Å². The van der Waals surface area contributed by atoms with Gasteiger partial charge in [0.25, 0.3) is 0 Å². The lowest BCUT2D eigenvalue weighted by molar-refractivity contribution is 0.436. The van der Waals surface area contributed by atoms with Crippen LogP contribution in [0.1, 0.15) is 50.3 Å². The van der Waals surface area contributed by atoms with Gasteiger partial charge in [0, 0.05) is 39.2 Å². The number of ether oxygens (including phenoxy) is 1. The number of benzene rings is 6. The first-order valence-corrected chi connectivity index (χ1v) is 17.6. The van der Waals surface area contributed by atoms with Gasteiger partial charge in [0.2, 0.25) is 0 Å². The van der Waals surface area contributed by atoms with Crippen molar-refractivity contribution in [2.45, 2.75) is 25.8 Å². The van der Waals surface area contributed by atoms with Gasteiger partial charge in [-0.15, -0.1) is 0 Å². The lowest BCUT2D eigenvalue weighted by Gasteiger charge is -2.39. The van der Waals surface area contributed by atoms with Crippen molar-refractivity contribution < 1.29 is 4.74 Å². The van der Waals surface area contributed by atoms with Crippen molar-refractivity contribution in [3.05, 3.63) is 208 Å². The van der Waals surface area contributed by atoms with Gasteiger partial charge in [0.05, 0.1) is 12.0 Å². The van der Waals surface area contributed by atoms with Gasteiger partial charge >= 0.3 is 0 Å². The molecule has 1 aromatic heterocycles. The van der Waals surface area contributed by atoms with E-state index in [-0.39, 0.29) is 0 Å². The Morgan fingerprint density at radius 1 is 0.596 bits per heavy atom. The van der Waals surface area contributed by atoms with Crippen LogP contribution in [0.3, 0.4) is 0 Å². The van der Waals surface area contributed by atoms with Crippen LogP contribution in [0.4, 0.5) is 0 Å². The van der Waals surface area contributed by atoms with Gasteiger partial charge in [-0.25, -0.2) is 4.99 Å². The van der Waals surface area contributed by atoms with Gasteiger partial charge in [0.1, 0.15) is 17.3 Å². The summed E-state index contributed by atoms with van der Waals surface area (Å²) in [7, 11) is 0. The Labute approximate surface area is 303 Å². The number of aromatic nitrogens is 1. The smallest absolute Gasteiger partial charge is 0.157 e. The fraction of sp³-hybridized carbons (Fsp3) is 0.0851. The maximum atomic E-state index is 7.01. The van der Waals surface area contributed by atoms with Crippen LogP contribution in [0.15, 0.2) is 168 Å². The molecule has 0 saturated heterocycles. The number of fused-ring (bicyclic) bond motifs is 9. The normalized spacial score (nSPS) is 13.9. The molecule has 2 heterocycles. The third-order valence-corrected chi connectivity index (χ3v) is 10.3. The molecule has 52 heavy (non-hydrogen) atoms. The average Bonchev–Trinajstić information content (AvgIpc) is 3.47. The Kier molecular flexibility index (Phi) is 7.62. The van der Waals surface area contributed by atoms with Gasteiger partial charge in [0.15, 0.2) is 5.84 Å². The summed E-state index contributed by atoms with van der Waals surface area (Å²) in [5, 5.41) is 0. The van der Waals surface area contributed by atoms with Crippen LogP contribution < -0.4 is 10.5 Å². The van der Waals surface area contributed by atoms with Crippen LogP contribution in [-0.2, 0) is 12.0 Å². The van der Waals surface area contributed by atoms with Crippen molar-refractivity contribution in [1.82, 2.24) is 4.98 Å². The molecular formula is C47H36N4O. The second-order valence-electron chi connectivity index (χ2n) is 13.4. The van der Waals surface area contributed by atoms with E-state index in [1.54, 1.807) is 0 Å². The zero-order chi connectivity index (χ0) is 35.2. The van der Waals surface area contributed by atoms with Gasteiger partial charge in [-0.3, -0.25) is 9.98 Å². The molecule has 0 radical (unpaired) electrons. The number of nitrogens with two attached hydrogens (primary N) is 1. The summed E-state index contributed by atoms with van der Waals surface area (Å²) in [6.07, 6.45) is 0. The predicted molar refractivity (Wildman–Crippen MR) is 210 cm³/mol. The van der Waals surface area contributed by atoms with Gasteiger partial charge in [-0.2, -0.15) is 0 Å². The summed E-state index contributed by atoms with van der Waals surface area (Å²) in [5.74, 6) is 2.70. The Balaban J connectivity index is 1.21. The van der Waals surface area contributed by atoms with E-state index in [4.69, 9.17) is 25.4 Å². The minimum Gasteiger partial charge on any atom is -0.457 e. The Morgan fingerprint density at radius 3 is 1.94 bits per heavy atom. The zero-order valence-electron chi connectivity index (χ0n) is 29.0.